The maximum absolute atomic E-state index is 12.7. The minimum atomic E-state index is -4.66. The summed E-state index contributed by atoms with van der Waals surface area (Å²) in [5.74, 6) is 0. The van der Waals surface area contributed by atoms with Gasteiger partial charge >= 0.3 is 6.18 Å². The summed E-state index contributed by atoms with van der Waals surface area (Å²) in [5, 5.41) is 0.154. The summed E-state index contributed by atoms with van der Waals surface area (Å²) in [6.07, 6.45) is -4.66. The van der Waals surface area contributed by atoms with Crippen LogP contribution in [0.4, 0.5) is 18.9 Å². The fraction of sp³-hybridized carbons (Fsp3) is 0.0769. The number of hydrogen-bond acceptors (Lipinski definition) is 3. The largest absolute Gasteiger partial charge is 0.416 e. The molecule has 2 aromatic carbocycles. The highest BCUT2D eigenvalue weighted by atomic mass is 35.5. The lowest BCUT2D eigenvalue weighted by Gasteiger charge is -2.12. The SMILES string of the molecule is Nc1ccc(C(F)(F)F)cc1S(=O)(=O)c1cccc(Cl)c1. The van der Waals surface area contributed by atoms with E-state index in [2.05, 4.69) is 0 Å². The van der Waals surface area contributed by atoms with E-state index in [-0.39, 0.29) is 15.6 Å². The van der Waals surface area contributed by atoms with Crippen LogP contribution in [0.3, 0.4) is 0 Å². The molecule has 0 radical (unpaired) electrons. The lowest BCUT2D eigenvalue weighted by molar-refractivity contribution is -0.137. The molecule has 0 atom stereocenters. The molecule has 0 bridgehead atoms. The molecule has 0 spiro atoms. The second-order valence-corrected chi connectivity index (χ2v) is 6.57. The molecule has 0 fully saturated rings. The molecular weight excluding hydrogens is 327 g/mol. The van der Waals surface area contributed by atoms with Gasteiger partial charge in [-0.25, -0.2) is 8.42 Å². The molecule has 2 aromatic rings. The summed E-state index contributed by atoms with van der Waals surface area (Å²) in [7, 11) is -4.18. The zero-order valence-electron chi connectivity index (χ0n) is 10.4. The third kappa shape index (κ3) is 3.14. The van der Waals surface area contributed by atoms with Crippen LogP contribution in [0.2, 0.25) is 5.02 Å². The van der Waals surface area contributed by atoms with Crippen molar-refractivity contribution >= 4 is 27.1 Å². The molecule has 21 heavy (non-hydrogen) atoms. The quantitative estimate of drug-likeness (QED) is 0.850. The van der Waals surface area contributed by atoms with Crippen LogP contribution in [0, 0.1) is 0 Å². The third-order valence-electron chi connectivity index (χ3n) is 2.74. The zero-order chi connectivity index (χ0) is 15.8. The first-order chi connectivity index (χ1) is 9.62. The molecule has 2 rings (SSSR count). The molecule has 0 aliphatic rings. The number of benzene rings is 2. The van der Waals surface area contributed by atoms with Gasteiger partial charge in [-0.2, -0.15) is 13.2 Å². The van der Waals surface area contributed by atoms with E-state index in [1.54, 1.807) is 0 Å². The lowest BCUT2D eigenvalue weighted by atomic mass is 10.2. The Labute approximate surface area is 124 Å². The van der Waals surface area contributed by atoms with Gasteiger partial charge in [0.15, 0.2) is 0 Å². The normalized spacial score (nSPS) is 12.4. The van der Waals surface area contributed by atoms with Crippen LogP contribution < -0.4 is 5.73 Å². The Bertz CT molecular complexity index is 788. The van der Waals surface area contributed by atoms with Gasteiger partial charge in [-0.1, -0.05) is 17.7 Å². The van der Waals surface area contributed by atoms with Crippen LogP contribution in [-0.2, 0) is 16.0 Å². The first kappa shape index (κ1) is 15.7. The first-order valence-corrected chi connectivity index (χ1v) is 7.46. The van der Waals surface area contributed by atoms with E-state index < -0.39 is 26.5 Å². The maximum atomic E-state index is 12.7. The summed E-state index contributed by atoms with van der Waals surface area (Å²) < 4.78 is 62.9. The number of rotatable bonds is 2. The number of nitrogen functional groups attached to an aromatic ring is 1. The fourth-order valence-corrected chi connectivity index (χ4v) is 3.41. The van der Waals surface area contributed by atoms with Crippen LogP contribution in [0.15, 0.2) is 52.3 Å². The predicted molar refractivity (Wildman–Crippen MR) is 72.8 cm³/mol. The minimum absolute atomic E-state index is 0.154. The number of sulfone groups is 1. The number of hydrogen-bond donors (Lipinski definition) is 1. The lowest BCUT2D eigenvalue weighted by Crippen LogP contribution is -2.10. The molecule has 8 heteroatoms. The van der Waals surface area contributed by atoms with E-state index in [9.17, 15) is 21.6 Å². The molecule has 3 nitrogen and oxygen atoms in total. The van der Waals surface area contributed by atoms with Crippen molar-refractivity contribution in [3.63, 3.8) is 0 Å². The van der Waals surface area contributed by atoms with E-state index in [4.69, 9.17) is 17.3 Å². The van der Waals surface area contributed by atoms with Crippen molar-refractivity contribution in [3.8, 4) is 0 Å². The van der Waals surface area contributed by atoms with Crippen molar-refractivity contribution in [3.05, 3.63) is 53.1 Å². The van der Waals surface area contributed by atoms with Crippen molar-refractivity contribution in [1.29, 1.82) is 0 Å². The Morgan fingerprint density at radius 2 is 1.71 bits per heavy atom. The average molecular weight is 336 g/mol. The summed E-state index contributed by atoms with van der Waals surface area (Å²) in [6.45, 7) is 0. The van der Waals surface area contributed by atoms with Crippen LogP contribution in [-0.4, -0.2) is 8.42 Å². The van der Waals surface area contributed by atoms with Gasteiger partial charge in [0.05, 0.1) is 21.0 Å². The van der Waals surface area contributed by atoms with Crippen molar-refractivity contribution in [2.75, 3.05) is 5.73 Å². The van der Waals surface area contributed by atoms with Gasteiger partial charge < -0.3 is 5.73 Å². The van der Waals surface area contributed by atoms with E-state index in [0.717, 1.165) is 18.2 Å². The van der Waals surface area contributed by atoms with Crippen LogP contribution >= 0.6 is 11.6 Å². The van der Waals surface area contributed by atoms with Crippen molar-refractivity contribution in [1.82, 2.24) is 0 Å². The summed E-state index contributed by atoms with van der Waals surface area (Å²) in [5.41, 5.74) is 4.17. The van der Waals surface area contributed by atoms with Gasteiger partial charge in [0.25, 0.3) is 0 Å². The van der Waals surface area contributed by atoms with Gasteiger partial charge in [0, 0.05) is 5.02 Å². The van der Waals surface area contributed by atoms with Crippen LogP contribution in [0.1, 0.15) is 5.56 Å². The molecule has 0 heterocycles. The molecule has 0 aromatic heterocycles. The number of halogens is 4. The molecule has 2 N–H and O–H groups in total. The second kappa shape index (κ2) is 5.23. The van der Waals surface area contributed by atoms with E-state index in [0.29, 0.717) is 6.07 Å². The standard InChI is InChI=1S/C13H9ClF3NO2S/c14-9-2-1-3-10(7-9)21(19,20)12-6-8(13(15,16)17)4-5-11(12)18/h1-7H,18H2. The van der Waals surface area contributed by atoms with E-state index >= 15 is 0 Å². The molecule has 0 saturated carbocycles. The van der Waals surface area contributed by atoms with Gasteiger partial charge in [-0.15, -0.1) is 0 Å². The summed E-state index contributed by atoms with van der Waals surface area (Å²) in [6, 6.07) is 7.39. The fourth-order valence-electron chi connectivity index (χ4n) is 1.70. The highest BCUT2D eigenvalue weighted by Crippen LogP contribution is 2.34. The summed E-state index contributed by atoms with van der Waals surface area (Å²) >= 11 is 5.71. The Morgan fingerprint density at radius 1 is 1.05 bits per heavy atom. The smallest absolute Gasteiger partial charge is 0.398 e. The maximum Gasteiger partial charge on any atom is 0.416 e. The Kier molecular flexibility index (Phi) is 3.90. The topological polar surface area (TPSA) is 60.2 Å². The van der Waals surface area contributed by atoms with Crippen molar-refractivity contribution in [2.24, 2.45) is 0 Å². The third-order valence-corrected chi connectivity index (χ3v) is 4.78. The van der Waals surface area contributed by atoms with Crippen molar-refractivity contribution < 1.29 is 21.6 Å². The molecule has 0 aliphatic heterocycles. The Balaban J connectivity index is 2.65. The van der Waals surface area contributed by atoms with Crippen LogP contribution in [0.5, 0.6) is 0 Å². The zero-order valence-corrected chi connectivity index (χ0v) is 11.9. The molecule has 0 amide bonds. The van der Waals surface area contributed by atoms with E-state index in [1.165, 1.54) is 18.2 Å². The highest BCUT2D eigenvalue weighted by Gasteiger charge is 2.33. The molecule has 0 saturated heterocycles. The number of alkyl halides is 3. The molecule has 0 aliphatic carbocycles. The van der Waals surface area contributed by atoms with Gasteiger partial charge in [0.2, 0.25) is 9.84 Å². The minimum Gasteiger partial charge on any atom is -0.398 e. The monoisotopic (exact) mass is 335 g/mol. The first-order valence-electron chi connectivity index (χ1n) is 5.60. The molecule has 0 unspecified atom stereocenters. The highest BCUT2D eigenvalue weighted by molar-refractivity contribution is 7.91. The number of anilines is 1. The van der Waals surface area contributed by atoms with Crippen LogP contribution in [0.25, 0.3) is 0 Å². The van der Waals surface area contributed by atoms with E-state index in [1.807, 2.05) is 0 Å². The van der Waals surface area contributed by atoms with Gasteiger partial charge in [0.1, 0.15) is 0 Å². The van der Waals surface area contributed by atoms with Gasteiger partial charge in [-0.3, -0.25) is 0 Å². The predicted octanol–water partition coefficient (Wildman–Crippen LogP) is 3.77. The second-order valence-electron chi connectivity index (χ2n) is 4.21. The molecule has 112 valence electrons. The van der Waals surface area contributed by atoms with Gasteiger partial charge in [-0.05, 0) is 36.4 Å². The molecular formula is C13H9ClF3NO2S. The Morgan fingerprint density at radius 3 is 2.29 bits per heavy atom. The summed E-state index contributed by atoms with van der Waals surface area (Å²) in [4.78, 5) is -0.819. The number of nitrogens with two attached hydrogens (primary N) is 1. The Hall–Kier alpha value is -1.73. The average Bonchev–Trinajstić information content (AvgIpc) is 2.37. The van der Waals surface area contributed by atoms with Crippen molar-refractivity contribution in [2.45, 2.75) is 16.0 Å².